The van der Waals surface area contributed by atoms with Gasteiger partial charge in [-0.15, -0.1) is 13.2 Å². The summed E-state index contributed by atoms with van der Waals surface area (Å²) in [5, 5.41) is 0.356. The topological polar surface area (TPSA) is 72.8 Å². The molecule has 126 valence electrons. The summed E-state index contributed by atoms with van der Waals surface area (Å²) < 4.78 is 43.5. The van der Waals surface area contributed by atoms with Crippen molar-refractivity contribution in [1.82, 2.24) is 19.5 Å². The second-order valence-corrected chi connectivity index (χ2v) is 5.81. The van der Waals surface area contributed by atoms with Crippen LogP contribution in [0.4, 0.5) is 13.2 Å². The van der Waals surface area contributed by atoms with Crippen LogP contribution in [0, 0.1) is 0 Å². The summed E-state index contributed by atoms with van der Waals surface area (Å²) in [6.45, 7) is 1.87. The van der Waals surface area contributed by atoms with E-state index in [2.05, 4.69) is 19.7 Å². The van der Waals surface area contributed by atoms with Crippen LogP contribution in [-0.2, 0) is 0 Å². The van der Waals surface area contributed by atoms with E-state index in [1.807, 2.05) is 6.92 Å². The third kappa shape index (κ3) is 3.09. The zero-order valence-electron chi connectivity index (χ0n) is 12.3. The van der Waals surface area contributed by atoms with Crippen molar-refractivity contribution in [1.29, 1.82) is 0 Å². The Balaban J connectivity index is 2.28. The zero-order valence-corrected chi connectivity index (χ0v) is 13.1. The Morgan fingerprint density at radius 1 is 1.33 bits per heavy atom. The van der Waals surface area contributed by atoms with Crippen molar-refractivity contribution in [2.75, 3.05) is 5.75 Å². The van der Waals surface area contributed by atoms with Crippen molar-refractivity contribution in [2.24, 2.45) is 0 Å². The second kappa shape index (κ2) is 6.19. The van der Waals surface area contributed by atoms with Crippen LogP contribution in [0.25, 0.3) is 16.9 Å². The molecule has 0 atom stereocenters. The van der Waals surface area contributed by atoms with Crippen LogP contribution in [0.2, 0.25) is 0 Å². The predicted octanol–water partition coefficient (Wildman–Crippen LogP) is 3.12. The third-order valence-corrected chi connectivity index (χ3v) is 3.85. The van der Waals surface area contributed by atoms with E-state index in [1.54, 1.807) is 6.07 Å². The highest BCUT2D eigenvalue weighted by Crippen LogP contribution is 2.33. The number of fused-ring (bicyclic) bond motifs is 1. The van der Waals surface area contributed by atoms with Gasteiger partial charge in [-0.05, 0) is 17.9 Å². The molecule has 2 heterocycles. The normalized spacial score (nSPS) is 11.8. The van der Waals surface area contributed by atoms with Gasteiger partial charge in [0.05, 0.1) is 12.0 Å². The Bertz CT molecular complexity index is 936. The smallest absolute Gasteiger partial charge is 0.404 e. The second-order valence-electron chi connectivity index (χ2n) is 4.58. The zero-order chi connectivity index (χ0) is 17.3. The average molecular weight is 356 g/mol. The number of thioether (sulfide) groups is 1. The van der Waals surface area contributed by atoms with Gasteiger partial charge in [-0.2, -0.15) is 0 Å². The lowest BCUT2D eigenvalue weighted by Crippen LogP contribution is -2.18. The maximum absolute atomic E-state index is 12.7. The van der Waals surface area contributed by atoms with Gasteiger partial charge in [0.15, 0.2) is 22.1 Å². The van der Waals surface area contributed by atoms with E-state index in [1.165, 1.54) is 40.9 Å². The molecule has 0 saturated carbocycles. The van der Waals surface area contributed by atoms with Gasteiger partial charge in [0.1, 0.15) is 0 Å². The number of imidazole rings is 1. The van der Waals surface area contributed by atoms with Crippen LogP contribution in [-0.4, -0.2) is 31.6 Å². The van der Waals surface area contributed by atoms with Crippen LogP contribution >= 0.6 is 11.8 Å². The fourth-order valence-corrected chi connectivity index (χ4v) is 2.91. The van der Waals surface area contributed by atoms with Gasteiger partial charge in [0, 0.05) is 0 Å². The van der Waals surface area contributed by atoms with Crippen molar-refractivity contribution < 1.29 is 17.9 Å². The summed E-state index contributed by atoms with van der Waals surface area (Å²) in [6.07, 6.45) is -3.66. The van der Waals surface area contributed by atoms with E-state index < -0.39 is 17.7 Å². The molecule has 2 aromatic heterocycles. The SMILES string of the molecule is CCSc1nc2c(=O)[nH]cnc2n1-c1ccccc1OC(F)(F)F. The van der Waals surface area contributed by atoms with Crippen LogP contribution in [0.3, 0.4) is 0 Å². The molecule has 0 bridgehead atoms. The summed E-state index contributed by atoms with van der Waals surface area (Å²) in [4.78, 5) is 22.6. The third-order valence-electron chi connectivity index (χ3n) is 3.03. The Hall–Kier alpha value is -2.49. The highest BCUT2D eigenvalue weighted by molar-refractivity contribution is 7.99. The first-order valence-corrected chi connectivity index (χ1v) is 7.83. The number of H-pyrrole nitrogens is 1. The van der Waals surface area contributed by atoms with E-state index >= 15 is 0 Å². The molecule has 1 aromatic carbocycles. The van der Waals surface area contributed by atoms with E-state index in [9.17, 15) is 18.0 Å². The van der Waals surface area contributed by atoms with Crippen molar-refractivity contribution in [2.45, 2.75) is 18.4 Å². The Morgan fingerprint density at radius 3 is 2.79 bits per heavy atom. The molecular weight excluding hydrogens is 345 g/mol. The van der Waals surface area contributed by atoms with E-state index in [-0.39, 0.29) is 16.9 Å². The Kier molecular flexibility index (Phi) is 4.22. The van der Waals surface area contributed by atoms with Crippen LogP contribution in [0.15, 0.2) is 40.5 Å². The molecule has 0 aliphatic rings. The lowest BCUT2D eigenvalue weighted by Gasteiger charge is -2.15. The number of benzene rings is 1. The molecule has 3 rings (SSSR count). The number of aromatic amines is 1. The molecule has 0 aliphatic heterocycles. The van der Waals surface area contributed by atoms with Gasteiger partial charge < -0.3 is 9.72 Å². The first-order chi connectivity index (χ1) is 11.4. The molecule has 0 amide bonds. The van der Waals surface area contributed by atoms with Crippen molar-refractivity contribution >= 4 is 22.9 Å². The highest BCUT2D eigenvalue weighted by Gasteiger charge is 2.33. The number of rotatable bonds is 4. The van der Waals surface area contributed by atoms with Crippen LogP contribution < -0.4 is 10.3 Å². The summed E-state index contributed by atoms with van der Waals surface area (Å²) in [5.74, 6) is 0.216. The number of hydrogen-bond acceptors (Lipinski definition) is 5. The lowest BCUT2D eigenvalue weighted by atomic mass is 10.3. The minimum Gasteiger partial charge on any atom is -0.404 e. The first-order valence-electron chi connectivity index (χ1n) is 6.85. The molecule has 0 radical (unpaired) electrons. The van der Waals surface area contributed by atoms with Gasteiger partial charge >= 0.3 is 6.36 Å². The number of ether oxygens (including phenoxy) is 1. The van der Waals surface area contributed by atoms with Gasteiger partial charge in [-0.3, -0.25) is 9.36 Å². The van der Waals surface area contributed by atoms with Crippen molar-refractivity contribution in [3.8, 4) is 11.4 Å². The molecule has 0 unspecified atom stereocenters. The van der Waals surface area contributed by atoms with Gasteiger partial charge in [-0.25, -0.2) is 9.97 Å². The molecule has 0 aliphatic carbocycles. The molecule has 0 spiro atoms. The molecule has 6 nitrogen and oxygen atoms in total. The molecule has 1 N–H and O–H groups in total. The lowest BCUT2D eigenvalue weighted by molar-refractivity contribution is -0.274. The minimum atomic E-state index is -4.84. The molecule has 0 saturated heterocycles. The number of alkyl halides is 3. The standard InChI is InChI=1S/C14H11F3N4O2S/c1-2-24-13-20-10-11(18-7-19-12(10)22)21(13)8-5-3-4-6-9(8)23-14(15,16)17/h3-7H,2H2,1H3,(H,18,19,22). The number of hydrogen-bond donors (Lipinski definition) is 1. The molecule has 24 heavy (non-hydrogen) atoms. The maximum atomic E-state index is 12.7. The first kappa shape index (κ1) is 16.4. The number of para-hydroxylation sites is 2. The summed E-state index contributed by atoms with van der Waals surface area (Å²) >= 11 is 1.28. The van der Waals surface area contributed by atoms with E-state index in [0.717, 1.165) is 0 Å². The van der Waals surface area contributed by atoms with Crippen molar-refractivity contribution in [3.63, 3.8) is 0 Å². The van der Waals surface area contributed by atoms with Crippen molar-refractivity contribution in [3.05, 3.63) is 40.9 Å². The largest absolute Gasteiger partial charge is 0.573 e. The number of halogens is 3. The monoisotopic (exact) mass is 356 g/mol. The molecule has 10 heteroatoms. The Morgan fingerprint density at radius 2 is 2.08 bits per heavy atom. The number of nitrogens with zero attached hydrogens (tertiary/aromatic N) is 3. The molecule has 3 aromatic rings. The molecule has 0 fully saturated rings. The summed E-state index contributed by atoms with van der Waals surface area (Å²) in [5.41, 5.74) is -0.152. The van der Waals surface area contributed by atoms with Gasteiger partial charge in [0.25, 0.3) is 5.56 Å². The van der Waals surface area contributed by atoms with Gasteiger partial charge in [0.2, 0.25) is 0 Å². The number of aromatic nitrogens is 4. The fraction of sp³-hybridized carbons (Fsp3) is 0.214. The van der Waals surface area contributed by atoms with Gasteiger partial charge in [-0.1, -0.05) is 30.8 Å². The summed E-state index contributed by atoms with van der Waals surface area (Å²) in [7, 11) is 0. The minimum absolute atomic E-state index is 0.0512. The highest BCUT2D eigenvalue weighted by atomic mass is 32.2. The maximum Gasteiger partial charge on any atom is 0.573 e. The average Bonchev–Trinajstić information content (AvgIpc) is 2.86. The Labute approximate surface area is 137 Å². The predicted molar refractivity (Wildman–Crippen MR) is 82.6 cm³/mol. The summed E-state index contributed by atoms with van der Waals surface area (Å²) in [6, 6.07) is 5.64. The van der Waals surface area contributed by atoms with Crippen LogP contribution in [0.5, 0.6) is 5.75 Å². The molecular formula is C14H11F3N4O2S. The fourth-order valence-electron chi connectivity index (χ4n) is 2.18. The van der Waals surface area contributed by atoms with E-state index in [0.29, 0.717) is 10.9 Å². The van der Waals surface area contributed by atoms with E-state index in [4.69, 9.17) is 0 Å². The quantitative estimate of drug-likeness (QED) is 0.727. The number of nitrogens with one attached hydrogen (secondary N) is 1. The van der Waals surface area contributed by atoms with Crippen LogP contribution in [0.1, 0.15) is 6.92 Å².